The summed E-state index contributed by atoms with van der Waals surface area (Å²) in [5, 5.41) is 18.5. The molecule has 2 rings (SSSR count). The fourth-order valence-corrected chi connectivity index (χ4v) is 2.17. The smallest absolute Gasteiger partial charge is 0.326 e. The molecule has 3 N–H and O–H groups in total. The number of rotatable bonds is 5. The molecule has 0 fully saturated rings. The lowest BCUT2D eigenvalue weighted by Crippen LogP contribution is -2.42. The highest BCUT2D eigenvalue weighted by Crippen LogP contribution is 2.10. The second kappa shape index (κ2) is 6.21. The van der Waals surface area contributed by atoms with Crippen LogP contribution in [0.3, 0.4) is 0 Å². The third kappa shape index (κ3) is 3.47. The van der Waals surface area contributed by atoms with Crippen molar-refractivity contribution in [2.45, 2.75) is 26.3 Å². The molecule has 0 unspecified atom stereocenters. The Morgan fingerprint density at radius 2 is 1.95 bits per heavy atom. The number of benzene rings is 1. The average molecular weight is 287 g/mol. The zero-order chi connectivity index (χ0) is 15.4. The Bertz CT molecular complexity index is 630. The summed E-state index contributed by atoms with van der Waals surface area (Å²) in [6, 6.07) is 8.21. The van der Waals surface area contributed by atoms with Gasteiger partial charge in [0.1, 0.15) is 6.04 Å². The van der Waals surface area contributed by atoms with Crippen LogP contribution in [0.5, 0.6) is 0 Å². The molecule has 1 amide bonds. The number of carboxylic acid groups (broad SMARTS) is 1. The lowest BCUT2D eigenvalue weighted by molar-refractivity contribution is -0.139. The van der Waals surface area contributed by atoms with Crippen LogP contribution in [0.4, 0.5) is 0 Å². The van der Waals surface area contributed by atoms with Gasteiger partial charge < -0.3 is 10.4 Å². The van der Waals surface area contributed by atoms with Crippen molar-refractivity contribution >= 4 is 11.9 Å². The van der Waals surface area contributed by atoms with Crippen molar-refractivity contribution < 1.29 is 14.7 Å². The molecule has 6 heteroatoms. The van der Waals surface area contributed by atoms with Crippen LogP contribution in [-0.2, 0) is 11.2 Å². The fraction of sp³-hybridized carbons (Fsp3) is 0.267. The maximum absolute atomic E-state index is 12.2. The van der Waals surface area contributed by atoms with Gasteiger partial charge in [0.2, 0.25) is 0 Å². The number of hydrogen-bond acceptors (Lipinski definition) is 3. The Labute approximate surface area is 122 Å². The van der Waals surface area contributed by atoms with Crippen LogP contribution in [0.1, 0.15) is 27.3 Å². The number of amides is 1. The number of carbonyl (C=O) groups is 2. The minimum atomic E-state index is -1.06. The number of hydrogen-bond donors (Lipinski definition) is 3. The van der Waals surface area contributed by atoms with Crippen LogP contribution in [0.2, 0.25) is 0 Å². The molecular formula is C15H17N3O3. The van der Waals surface area contributed by atoms with Gasteiger partial charge in [0, 0.05) is 12.1 Å². The first-order chi connectivity index (χ1) is 9.99. The number of aliphatic carboxylic acids is 1. The normalized spacial score (nSPS) is 11.9. The highest BCUT2D eigenvalue weighted by molar-refractivity contribution is 5.98. The van der Waals surface area contributed by atoms with Crippen LogP contribution >= 0.6 is 0 Å². The van der Waals surface area contributed by atoms with E-state index in [2.05, 4.69) is 15.5 Å². The first kappa shape index (κ1) is 14.8. The SMILES string of the molecule is Cc1n[nH]c(C)c1C(=O)N[C@@H](Cc1ccccc1)C(=O)O. The summed E-state index contributed by atoms with van der Waals surface area (Å²) in [7, 11) is 0. The third-order valence-corrected chi connectivity index (χ3v) is 3.24. The lowest BCUT2D eigenvalue weighted by atomic mass is 10.1. The molecule has 110 valence electrons. The Morgan fingerprint density at radius 1 is 1.29 bits per heavy atom. The van der Waals surface area contributed by atoms with Crippen LogP contribution < -0.4 is 5.32 Å². The predicted molar refractivity (Wildman–Crippen MR) is 77.1 cm³/mol. The molecule has 0 aliphatic carbocycles. The van der Waals surface area contributed by atoms with E-state index in [4.69, 9.17) is 0 Å². The van der Waals surface area contributed by atoms with Crippen molar-refractivity contribution in [3.63, 3.8) is 0 Å². The Morgan fingerprint density at radius 3 is 2.48 bits per heavy atom. The molecule has 0 spiro atoms. The topological polar surface area (TPSA) is 95.1 Å². The third-order valence-electron chi connectivity index (χ3n) is 3.24. The molecule has 0 aliphatic rings. The van der Waals surface area contributed by atoms with Crippen LogP contribution in [0.15, 0.2) is 30.3 Å². The van der Waals surface area contributed by atoms with Gasteiger partial charge in [-0.15, -0.1) is 0 Å². The van der Waals surface area contributed by atoms with Crippen LogP contribution in [0, 0.1) is 13.8 Å². The molecule has 0 saturated heterocycles. The molecule has 2 aromatic rings. The van der Waals surface area contributed by atoms with E-state index in [1.165, 1.54) is 0 Å². The number of aromatic nitrogens is 2. The van der Waals surface area contributed by atoms with Crippen molar-refractivity contribution in [3.05, 3.63) is 52.8 Å². The van der Waals surface area contributed by atoms with E-state index in [0.29, 0.717) is 17.0 Å². The molecule has 6 nitrogen and oxygen atoms in total. The molecule has 1 aromatic heterocycles. The minimum Gasteiger partial charge on any atom is -0.480 e. The summed E-state index contributed by atoms with van der Waals surface area (Å²) < 4.78 is 0. The van der Waals surface area contributed by atoms with Gasteiger partial charge in [-0.05, 0) is 19.4 Å². The van der Waals surface area contributed by atoms with E-state index in [-0.39, 0.29) is 6.42 Å². The van der Waals surface area contributed by atoms with Gasteiger partial charge in [0.25, 0.3) is 5.91 Å². The standard InChI is InChI=1S/C15H17N3O3/c1-9-13(10(2)18-17-9)14(19)16-12(15(20)21)8-11-6-4-3-5-7-11/h3-7,12H,8H2,1-2H3,(H,16,19)(H,17,18)(H,20,21)/t12-/m0/s1. The molecule has 1 aromatic carbocycles. The molecule has 1 atom stereocenters. The second-order valence-electron chi connectivity index (χ2n) is 4.86. The van der Waals surface area contributed by atoms with E-state index >= 15 is 0 Å². The first-order valence-corrected chi connectivity index (χ1v) is 6.58. The van der Waals surface area contributed by atoms with E-state index < -0.39 is 17.9 Å². The molecule has 0 saturated carbocycles. The number of aromatic amines is 1. The molecule has 0 radical (unpaired) electrons. The molecule has 0 aliphatic heterocycles. The number of H-pyrrole nitrogens is 1. The summed E-state index contributed by atoms with van der Waals surface area (Å²) in [5.74, 6) is -1.49. The molecule has 21 heavy (non-hydrogen) atoms. The summed E-state index contributed by atoms with van der Waals surface area (Å²) in [4.78, 5) is 23.6. The van der Waals surface area contributed by atoms with Gasteiger partial charge in [0.15, 0.2) is 0 Å². The van der Waals surface area contributed by atoms with Gasteiger partial charge in [-0.2, -0.15) is 5.10 Å². The predicted octanol–water partition coefficient (Wildman–Crippen LogP) is 1.45. The van der Waals surface area contributed by atoms with Crippen molar-refractivity contribution in [1.29, 1.82) is 0 Å². The van der Waals surface area contributed by atoms with E-state index in [9.17, 15) is 14.7 Å². The van der Waals surface area contributed by atoms with Gasteiger partial charge in [-0.25, -0.2) is 4.79 Å². The zero-order valence-electron chi connectivity index (χ0n) is 11.9. The summed E-state index contributed by atoms with van der Waals surface area (Å²) >= 11 is 0. The van der Waals surface area contributed by atoms with E-state index in [0.717, 1.165) is 5.56 Å². The maximum atomic E-state index is 12.2. The highest BCUT2D eigenvalue weighted by atomic mass is 16.4. The zero-order valence-corrected chi connectivity index (χ0v) is 11.9. The number of nitrogens with one attached hydrogen (secondary N) is 2. The Hall–Kier alpha value is -2.63. The Kier molecular flexibility index (Phi) is 4.37. The lowest BCUT2D eigenvalue weighted by Gasteiger charge is -2.14. The van der Waals surface area contributed by atoms with Gasteiger partial charge >= 0.3 is 5.97 Å². The number of nitrogens with zero attached hydrogens (tertiary/aromatic N) is 1. The molecule has 1 heterocycles. The van der Waals surface area contributed by atoms with Gasteiger partial charge in [-0.3, -0.25) is 9.89 Å². The quantitative estimate of drug-likeness (QED) is 0.775. The number of aryl methyl sites for hydroxylation is 2. The van der Waals surface area contributed by atoms with Crippen LogP contribution in [0.25, 0.3) is 0 Å². The summed E-state index contributed by atoms with van der Waals surface area (Å²) in [6.07, 6.45) is 0.234. The number of carboxylic acids is 1. The van der Waals surface area contributed by atoms with Crippen LogP contribution in [-0.4, -0.2) is 33.2 Å². The van der Waals surface area contributed by atoms with Crippen molar-refractivity contribution in [2.24, 2.45) is 0 Å². The first-order valence-electron chi connectivity index (χ1n) is 6.58. The fourth-order valence-electron chi connectivity index (χ4n) is 2.17. The summed E-state index contributed by atoms with van der Waals surface area (Å²) in [5.41, 5.74) is 2.42. The van der Waals surface area contributed by atoms with Crippen molar-refractivity contribution in [3.8, 4) is 0 Å². The van der Waals surface area contributed by atoms with Crippen molar-refractivity contribution in [2.75, 3.05) is 0 Å². The minimum absolute atomic E-state index is 0.234. The highest BCUT2D eigenvalue weighted by Gasteiger charge is 2.23. The molecule has 0 bridgehead atoms. The average Bonchev–Trinajstić information content (AvgIpc) is 2.78. The van der Waals surface area contributed by atoms with E-state index in [1.54, 1.807) is 13.8 Å². The summed E-state index contributed by atoms with van der Waals surface area (Å²) in [6.45, 7) is 3.42. The van der Waals surface area contributed by atoms with Gasteiger partial charge in [-0.1, -0.05) is 30.3 Å². The van der Waals surface area contributed by atoms with E-state index in [1.807, 2.05) is 30.3 Å². The Balaban J connectivity index is 2.14. The monoisotopic (exact) mass is 287 g/mol. The van der Waals surface area contributed by atoms with Gasteiger partial charge in [0.05, 0.1) is 11.3 Å². The molecular weight excluding hydrogens is 270 g/mol. The number of carbonyl (C=O) groups excluding carboxylic acids is 1. The van der Waals surface area contributed by atoms with Crippen molar-refractivity contribution in [1.82, 2.24) is 15.5 Å². The second-order valence-corrected chi connectivity index (χ2v) is 4.86. The largest absolute Gasteiger partial charge is 0.480 e. The maximum Gasteiger partial charge on any atom is 0.326 e.